The lowest BCUT2D eigenvalue weighted by atomic mass is 10.1. The van der Waals surface area contributed by atoms with Gasteiger partial charge in [-0.05, 0) is 18.9 Å². The molecule has 150 valence electrons. The summed E-state index contributed by atoms with van der Waals surface area (Å²) in [6, 6.07) is 0.985. The molecule has 1 aliphatic carbocycles. The number of carboxylic acids is 1. The van der Waals surface area contributed by atoms with E-state index in [1.807, 2.05) is 0 Å². The van der Waals surface area contributed by atoms with Crippen molar-refractivity contribution in [1.29, 1.82) is 0 Å². The van der Waals surface area contributed by atoms with E-state index in [0.29, 0.717) is 12.4 Å². The third-order valence-corrected chi connectivity index (χ3v) is 5.70. The van der Waals surface area contributed by atoms with Gasteiger partial charge in [0.25, 0.3) is 0 Å². The van der Waals surface area contributed by atoms with Gasteiger partial charge in [-0.25, -0.2) is 9.18 Å². The molecule has 0 bridgehead atoms. The number of nitrogens with zero attached hydrogens (tertiary/aromatic N) is 4. The van der Waals surface area contributed by atoms with E-state index in [4.69, 9.17) is 5.73 Å². The number of hydrogen-bond donors (Lipinski definition) is 3. The molecule has 9 nitrogen and oxygen atoms in total. The van der Waals surface area contributed by atoms with Crippen LogP contribution in [0.25, 0.3) is 10.9 Å². The van der Waals surface area contributed by atoms with Crippen LogP contribution in [0.3, 0.4) is 0 Å². The highest BCUT2D eigenvalue weighted by atomic mass is 19.1. The van der Waals surface area contributed by atoms with E-state index >= 15 is 4.39 Å². The SMILES string of the molecule is Cn1nc(N)c2c1CN(c1c(F)cc3c(=O)c(C(=O)O)cn(C4CC4)c3c1O)C2. The van der Waals surface area contributed by atoms with Crippen molar-refractivity contribution in [1.82, 2.24) is 14.3 Å². The Morgan fingerprint density at radius 1 is 1.34 bits per heavy atom. The smallest absolute Gasteiger partial charge is 0.341 e. The number of rotatable bonds is 3. The normalized spacial score (nSPS) is 15.9. The number of aromatic carboxylic acids is 1. The van der Waals surface area contributed by atoms with Gasteiger partial charge in [-0.1, -0.05) is 0 Å². The summed E-state index contributed by atoms with van der Waals surface area (Å²) in [5.74, 6) is -2.20. The van der Waals surface area contributed by atoms with Gasteiger partial charge >= 0.3 is 5.97 Å². The fourth-order valence-electron chi connectivity index (χ4n) is 4.13. The first-order valence-corrected chi connectivity index (χ1v) is 9.16. The summed E-state index contributed by atoms with van der Waals surface area (Å²) in [6.45, 7) is 0.568. The minimum absolute atomic E-state index is 0.0315. The zero-order chi connectivity index (χ0) is 20.6. The molecule has 0 saturated heterocycles. The highest BCUT2D eigenvalue weighted by Gasteiger charge is 2.33. The van der Waals surface area contributed by atoms with Crippen LogP contribution in [0.1, 0.15) is 40.5 Å². The molecule has 10 heteroatoms. The number of hydrogen-bond acceptors (Lipinski definition) is 6. The number of benzene rings is 1. The number of nitrogen functional groups attached to an aromatic ring is 1. The van der Waals surface area contributed by atoms with Crippen LogP contribution in [0.5, 0.6) is 5.75 Å². The minimum atomic E-state index is -1.38. The summed E-state index contributed by atoms with van der Waals surface area (Å²) in [6.07, 6.45) is 2.83. The molecule has 3 aromatic rings. The maximum Gasteiger partial charge on any atom is 0.341 e. The van der Waals surface area contributed by atoms with Crippen molar-refractivity contribution < 1.29 is 19.4 Å². The Morgan fingerprint density at radius 2 is 2.07 bits per heavy atom. The van der Waals surface area contributed by atoms with Gasteiger partial charge in [-0.3, -0.25) is 9.48 Å². The van der Waals surface area contributed by atoms with Crippen molar-refractivity contribution in [3.05, 3.63) is 45.1 Å². The molecule has 0 unspecified atom stereocenters. The third kappa shape index (κ3) is 2.41. The van der Waals surface area contributed by atoms with Crippen molar-refractivity contribution in [2.75, 3.05) is 10.6 Å². The van der Waals surface area contributed by atoms with E-state index in [1.54, 1.807) is 21.2 Å². The zero-order valence-corrected chi connectivity index (χ0v) is 15.5. The lowest BCUT2D eigenvalue weighted by Crippen LogP contribution is -2.22. The Morgan fingerprint density at radius 3 is 2.69 bits per heavy atom. The number of fused-ring (bicyclic) bond motifs is 2. The predicted octanol–water partition coefficient (Wildman–Crippen LogP) is 1.72. The van der Waals surface area contributed by atoms with Gasteiger partial charge in [0.2, 0.25) is 5.43 Å². The number of phenols is 1. The van der Waals surface area contributed by atoms with Gasteiger partial charge in [0.05, 0.1) is 23.1 Å². The number of carbonyl (C=O) groups is 1. The second-order valence-corrected chi connectivity index (χ2v) is 7.56. The Balaban J connectivity index is 1.74. The van der Waals surface area contributed by atoms with Crippen LogP contribution in [0.2, 0.25) is 0 Å². The van der Waals surface area contributed by atoms with Gasteiger partial charge in [0.1, 0.15) is 11.3 Å². The van der Waals surface area contributed by atoms with Crippen molar-refractivity contribution in [3.8, 4) is 5.75 Å². The van der Waals surface area contributed by atoms with Crippen LogP contribution < -0.4 is 16.1 Å². The average molecular weight is 399 g/mol. The molecule has 0 atom stereocenters. The summed E-state index contributed by atoms with van der Waals surface area (Å²) >= 11 is 0. The second kappa shape index (κ2) is 5.72. The molecule has 5 rings (SSSR count). The molecule has 4 N–H and O–H groups in total. The molecule has 1 aromatic carbocycles. The van der Waals surface area contributed by atoms with Crippen molar-refractivity contribution in [3.63, 3.8) is 0 Å². The molecular formula is C19H18FN5O4. The maximum absolute atomic E-state index is 15.1. The highest BCUT2D eigenvalue weighted by molar-refractivity contribution is 5.97. The number of phenolic OH excluding ortho intramolecular Hbond substituents is 1. The average Bonchev–Trinajstić information content (AvgIpc) is 3.34. The van der Waals surface area contributed by atoms with Crippen LogP contribution in [0.4, 0.5) is 15.9 Å². The van der Waals surface area contributed by atoms with Gasteiger partial charge in [-0.15, -0.1) is 0 Å². The molecule has 29 heavy (non-hydrogen) atoms. The van der Waals surface area contributed by atoms with Crippen LogP contribution >= 0.6 is 0 Å². The molecule has 1 fully saturated rings. The van der Waals surface area contributed by atoms with Gasteiger partial charge < -0.3 is 25.4 Å². The lowest BCUT2D eigenvalue weighted by molar-refractivity contribution is 0.0694. The monoisotopic (exact) mass is 399 g/mol. The van der Waals surface area contributed by atoms with Crippen LogP contribution in [-0.4, -0.2) is 30.5 Å². The standard InChI is InChI=1S/C19H18FN5O4/c1-23-13-7-24(5-10(13)18(21)22-23)15-12(20)4-9-14(17(15)27)25(8-2-3-8)6-11(16(9)26)19(28)29/h4,6,8,27H,2-3,5,7H2,1H3,(H2,21,22)(H,28,29). The summed E-state index contributed by atoms with van der Waals surface area (Å²) in [5, 5.41) is 24.4. The lowest BCUT2D eigenvalue weighted by Gasteiger charge is -2.23. The quantitative estimate of drug-likeness (QED) is 0.612. The van der Waals surface area contributed by atoms with E-state index < -0.39 is 22.8 Å². The number of anilines is 2. The number of halogens is 1. The third-order valence-electron chi connectivity index (χ3n) is 5.70. The van der Waals surface area contributed by atoms with Gasteiger partial charge in [0.15, 0.2) is 17.4 Å². The Bertz CT molecular complexity index is 1250. The summed E-state index contributed by atoms with van der Waals surface area (Å²) in [4.78, 5) is 25.7. The van der Waals surface area contributed by atoms with E-state index in [1.165, 1.54) is 6.20 Å². The molecule has 0 spiro atoms. The largest absolute Gasteiger partial charge is 0.504 e. The zero-order valence-electron chi connectivity index (χ0n) is 15.5. The molecule has 1 saturated carbocycles. The molecular weight excluding hydrogens is 381 g/mol. The molecule has 3 heterocycles. The number of pyridine rings is 1. The second-order valence-electron chi connectivity index (χ2n) is 7.56. The maximum atomic E-state index is 15.1. The first-order valence-electron chi connectivity index (χ1n) is 9.16. The minimum Gasteiger partial charge on any atom is -0.504 e. The van der Waals surface area contributed by atoms with E-state index in [-0.39, 0.29) is 34.9 Å². The summed E-state index contributed by atoms with van der Waals surface area (Å²) < 4.78 is 18.3. The molecule has 1 aliphatic heterocycles. The molecule has 0 radical (unpaired) electrons. The number of aryl methyl sites for hydroxylation is 1. The first-order chi connectivity index (χ1) is 13.8. The van der Waals surface area contributed by atoms with Crippen LogP contribution in [-0.2, 0) is 20.1 Å². The van der Waals surface area contributed by atoms with Crippen LogP contribution in [0, 0.1) is 5.82 Å². The topological polar surface area (TPSA) is 127 Å². The molecule has 0 amide bonds. The van der Waals surface area contributed by atoms with E-state index in [0.717, 1.165) is 30.2 Å². The first kappa shape index (κ1) is 17.5. The van der Waals surface area contributed by atoms with Crippen LogP contribution in [0.15, 0.2) is 17.1 Å². The van der Waals surface area contributed by atoms with E-state index in [2.05, 4.69) is 5.10 Å². The summed E-state index contributed by atoms with van der Waals surface area (Å²) in [7, 11) is 1.74. The Hall–Kier alpha value is -3.56. The Labute approximate surface area is 163 Å². The van der Waals surface area contributed by atoms with Crippen molar-refractivity contribution in [2.45, 2.75) is 32.0 Å². The fraction of sp³-hybridized carbons (Fsp3) is 0.316. The van der Waals surface area contributed by atoms with Crippen molar-refractivity contribution >= 4 is 28.4 Å². The number of aromatic nitrogens is 3. The summed E-state index contributed by atoms with van der Waals surface area (Å²) in [5.41, 5.74) is 6.37. The highest BCUT2D eigenvalue weighted by Crippen LogP contribution is 2.45. The predicted molar refractivity (Wildman–Crippen MR) is 103 cm³/mol. The number of nitrogens with two attached hydrogens (primary N) is 1. The van der Waals surface area contributed by atoms with Gasteiger partial charge in [-0.2, -0.15) is 5.10 Å². The van der Waals surface area contributed by atoms with E-state index in [9.17, 15) is 19.8 Å². The van der Waals surface area contributed by atoms with Gasteiger partial charge in [0, 0.05) is 31.4 Å². The molecule has 2 aliphatic rings. The molecule has 2 aromatic heterocycles. The Kier molecular flexibility index (Phi) is 3.46. The number of carboxylic acid groups (broad SMARTS) is 1. The fourth-order valence-corrected chi connectivity index (χ4v) is 4.13. The van der Waals surface area contributed by atoms with Crippen molar-refractivity contribution in [2.24, 2.45) is 7.05 Å². The number of aromatic hydroxyl groups is 1.